The minimum atomic E-state index is -0.192. The number of hydrogen-bond donors (Lipinski definition) is 0. The Morgan fingerprint density at radius 1 is 1.22 bits per heavy atom. The lowest BCUT2D eigenvalue weighted by atomic mass is 9.95. The van der Waals surface area contributed by atoms with Crippen molar-refractivity contribution < 1.29 is 9.53 Å². The zero-order valence-electron chi connectivity index (χ0n) is 13.6. The highest BCUT2D eigenvalue weighted by molar-refractivity contribution is 5.81. The summed E-state index contributed by atoms with van der Waals surface area (Å²) in [5.41, 5.74) is 2.24. The number of aromatic nitrogens is 2. The lowest BCUT2D eigenvalue weighted by molar-refractivity contribution is -0.142. The molecule has 3 heterocycles. The van der Waals surface area contributed by atoms with Crippen LogP contribution in [0.1, 0.15) is 37.4 Å². The molecule has 0 saturated carbocycles. The molecule has 0 radical (unpaired) electrons. The third-order valence-corrected chi connectivity index (χ3v) is 5.20. The van der Waals surface area contributed by atoms with Gasteiger partial charge in [0.25, 0.3) is 5.91 Å². The molecule has 0 unspecified atom stereocenters. The number of aryl methyl sites for hydroxylation is 1. The van der Waals surface area contributed by atoms with Crippen LogP contribution < -0.4 is 0 Å². The summed E-state index contributed by atoms with van der Waals surface area (Å²) >= 11 is 0. The van der Waals surface area contributed by atoms with Crippen LogP contribution in [0.4, 0.5) is 0 Å². The highest BCUT2D eigenvalue weighted by Crippen LogP contribution is 2.30. The molecule has 2 aliphatic heterocycles. The van der Waals surface area contributed by atoms with Crippen LogP contribution in [0.3, 0.4) is 0 Å². The molecular weight excluding hydrogens is 290 g/mol. The van der Waals surface area contributed by atoms with Gasteiger partial charge in [0, 0.05) is 32.7 Å². The first-order valence-electron chi connectivity index (χ1n) is 8.56. The number of likely N-dealkylation sites (tertiary alicyclic amines) is 1. The largest absolute Gasteiger partial charge is 0.368 e. The molecule has 5 heteroatoms. The molecule has 0 bridgehead atoms. The fourth-order valence-corrected chi connectivity index (χ4v) is 3.86. The maximum absolute atomic E-state index is 12.4. The van der Waals surface area contributed by atoms with Crippen LogP contribution in [0.25, 0.3) is 11.0 Å². The van der Waals surface area contributed by atoms with Crippen LogP contribution in [0, 0.1) is 0 Å². The predicted octanol–water partition coefficient (Wildman–Crippen LogP) is 2.46. The van der Waals surface area contributed by atoms with Gasteiger partial charge in [-0.2, -0.15) is 0 Å². The van der Waals surface area contributed by atoms with Crippen molar-refractivity contribution >= 4 is 16.9 Å². The van der Waals surface area contributed by atoms with Gasteiger partial charge >= 0.3 is 0 Å². The van der Waals surface area contributed by atoms with Crippen LogP contribution in [-0.2, 0) is 16.6 Å². The van der Waals surface area contributed by atoms with Gasteiger partial charge in [-0.1, -0.05) is 12.1 Å². The van der Waals surface area contributed by atoms with Gasteiger partial charge in [0.15, 0.2) is 0 Å². The van der Waals surface area contributed by atoms with E-state index in [1.807, 2.05) is 11.0 Å². The molecule has 2 aliphatic rings. The van der Waals surface area contributed by atoms with Gasteiger partial charge in [-0.15, -0.1) is 0 Å². The number of imidazole rings is 1. The molecule has 0 aliphatic carbocycles. The van der Waals surface area contributed by atoms with Gasteiger partial charge in [0.1, 0.15) is 11.9 Å². The molecule has 0 N–H and O–H groups in total. The number of fused-ring (bicyclic) bond motifs is 1. The summed E-state index contributed by atoms with van der Waals surface area (Å²) in [6.07, 6.45) is 3.66. The van der Waals surface area contributed by atoms with Crippen LogP contribution in [0.5, 0.6) is 0 Å². The zero-order valence-corrected chi connectivity index (χ0v) is 13.6. The van der Waals surface area contributed by atoms with Crippen LogP contribution in [-0.4, -0.2) is 46.2 Å². The molecule has 4 rings (SSSR count). The van der Waals surface area contributed by atoms with Crippen molar-refractivity contribution in [3.8, 4) is 0 Å². The average molecular weight is 313 g/mol. The van der Waals surface area contributed by atoms with E-state index >= 15 is 0 Å². The van der Waals surface area contributed by atoms with Crippen molar-refractivity contribution in [3.05, 3.63) is 30.1 Å². The van der Waals surface area contributed by atoms with E-state index < -0.39 is 0 Å². The molecule has 2 aromatic rings. The van der Waals surface area contributed by atoms with Crippen LogP contribution in [0.2, 0.25) is 0 Å². The molecule has 5 nitrogen and oxygen atoms in total. The summed E-state index contributed by atoms with van der Waals surface area (Å²) in [5, 5.41) is 0. The molecule has 2 fully saturated rings. The monoisotopic (exact) mass is 313 g/mol. The van der Waals surface area contributed by atoms with E-state index in [9.17, 15) is 4.79 Å². The summed E-state index contributed by atoms with van der Waals surface area (Å²) in [5.74, 6) is 1.77. The highest BCUT2D eigenvalue weighted by atomic mass is 16.5. The number of piperidine rings is 1. The summed E-state index contributed by atoms with van der Waals surface area (Å²) < 4.78 is 7.74. The number of carbonyl (C=O) groups excluding carboxylic acids is 1. The van der Waals surface area contributed by atoms with Gasteiger partial charge in [0.05, 0.1) is 11.0 Å². The van der Waals surface area contributed by atoms with Gasteiger partial charge in [0.2, 0.25) is 0 Å². The number of para-hydroxylation sites is 2. The maximum atomic E-state index is 12.4. The van der Waals surface area contributed by atoms with Gasteiger partial charge in [-0.05, 0) is 37.8 Å². The Labute approximate surface area is 136 Å². The normalized spacial score (nSPS) is 22.8. The van der Waals surface area contributed by atoms with Crippen molar-refractivity contribution in [2.24, 2.45) is 7.05 Å². The number of carbonyl (C=O) groups is 1. The highest BCUT2D eigenvalue weighted by Gasteiger charge is 2.32. The minimum absolute atomic E-state index is 0.186. The van der Waals surface area contributed by atoms with E-state index in [0.717, 1.165) is 56.7 Å². The maximum Gasteiger partial charge on any atom is 0.251 e. The van der Waals surface area contributed by atoms with E-state index in [-0.39, 0.29) is 12.0 Å². The number of ether oxygens (including phenoxy) is 1. The Kier molecular flexibility index (Phi) is 3.81. The number of nitrogens with zero attached hydrogens (tertiary/aromatic N) is 3. The van der Waals surface area contributed by atoms with E-state index in [4.69, 9.17) is 9.72 Å². The summed E-state index contributed by atoms with van der Waals surface area (Å²) in [6, 6.07) is 8.26. The molecule has 1 amide bonds. The summed E-state index contributed by atoms with van der Waals surface area (Å²) in [4.78, 5) is 19.2. The Bertz CT molecular complexity index is 710. The summed E-state index contributed by atoms with van der Waals surface area (Å²) in [7, 11) is 2.09. The van der Waals surface area contributed by atoms with Crippen molar-refractivity contribution in [3.63, 3.8) is 0 Å². The zero-order chi connectivity index (χ0) is 15.8. The van der Waals surface area contributed by atoms with Crippen molar-refractivity contribution in [1.82, 2.24) is 14.5 Å². The van der Waals surface area contributed by atoms with E-state index in [1.165, 1.54) is 5.52 Å². The van der Waals surface area contributed by atoms with Crippen LogP contribution >= 0.6 is 0 Å². The Hall–Kier alpha value is -1.88. The van der Waals surface area contributed by atoms with Gasteiger partial charge < -0.3 is 14.2 Å². The van der Waals surface area contributed by atoms with Crippen molar-refractivity contribution in [1.29, 1.82) is 0 Å². The van der Waals surface area contributed by atoms with Crippen molar-refractivity contribution in [2.75, 3.05) is 19.7 Å². The van der Waals surface area contributed by atoms with Crippen LogP contribution in [0.15, 0.2) is 24.3 Å². The topological polar surface area (TPSA) is 47.4 Å². The first-order chi connectivity index (χ1) is 11.2. The standard InChI is InChI=1S/C18H23N3O2/c1-20-15-6-3-2-5-14(15)19-17(20)13-8-10-21(11-9-13)18(22)16-7-4-12-23-16/h2-3,5-6,13,16H,4,7-12H2,1H3/t16-/m1/s1. The van der Waals surface area contributed by atoms with Gasteiger partial charge in [-0.3, -0.25) is 4.79 Å². The van der Waals surface area contributed by atoms with Crippen molar-refractivity contribution in [2.45, 2.75) is 37.7 Å². The minimum Gasteiger partial charge on any atom is -0.368 e. The molecule has 1 atom stereocenters. The molecule has 1 aromatic carbocycles. The molecule has 2 saturated heterocycles. The van der Waals surface area contributed by atoms with E-state index in [1.54, 1.807) is 0 Å². The Balaban J connectivity index is 1.46. The van der Waals surface area contributed by atoms with E-state index in [0.29, 0.717) is 5.92 Å². The molecule has 0 spiro atoms. The molecule has 23 heavy (non-hydrogen) atoms. The summed E-state index contributed by atoms with van der Waals surface area (Å²) in [6.45, 7) is 2.35. The second-order valence-electron chi connectivity index (χ2n) is 6.62. The first-order valence-corrected chi connectivity index (χ1v) is 8.56. The molecular formula is C18H23N3O2. The fraction of sp³-hybridized carbons (Fsp3) is 0.556. The fourth-order valence-electron chi connectivity index (χ4n) is 3.86. The number of rotatable bonds is 2. The molecule has 1 aromatic heterocycles. The lowest BCUT2D eigenvalue weighted by Gasteiger charge is -2.33. The first kappa shape index (κ1) is 14.7. The second-order valence-corrected chi connectivity index (χ2v) is 6.62. The quantitative estimate of drug-likeness (QED) is 0.855. The average Bonchev–Trinajstić information content (AvgIpc) is 3.23. The van der Waals surface area contributed by atoms with E-state index in [2.05, 4.69) is 29.8 Å². The number of benzene rings is 1. The Morgan fingerprint density at radius 2 is 2.00 bits per heavy atom. The third-order valence-electron chi connectivity index (χ3n) is 5.20. The second kappa shape index (κ2) is 5.96. The van der Waals surface area contributed by atoms with Gasteiger partial charge in [-0.25, -0.2) is 4.98 Å². The Morgan fingerprint density at radius 3 is 2.70 bits per heavy atom. The number of hydrogen-bond acceptors (Lipinski definition) is 3. The third kappa shape index (κ3) is 2.63. The predicted molar refractivity (Wildman–Crippen MR) is 88.2 cm³/mol. The molecule has 122 valence electrons. The lowest BCUT2D eigenvalue weighted by Crippen LogP contribution is -2.43. The SMILES string of the molecule is Cn1c(C2CCN(C(=O)[C@H]3CCCO3)CC2)nc2ccccc21. The number of amides is 1. The smallest absolute Gasteiger partial charge is 0.251 e.